The van der Waals surface area contributed by atoms with E-state index in [1.807, 2.05) is 11.8 Å². The first-order valence-electron chi connectivity index (χ1n) is 4.77. The first-order chi connectivity index (χ1) is 6.93. The largest absolute Gasteiger partial charge is 4.00 e. The van der Waals surface area contributed by atoms with E-state index in [1.54, 1.807) is 0 Å². The summed E-state index contributed by atoms with van der Waals surface area (Å²) in [5, 5.41) is 0. The van der Waals surface area contributed by atoms with Gasteiger partial charge in [0.05, 0.1) is 0 Å². The van der Waals surface area contributed by atoms with Crippen molar-refractivity contribution >= 4 is 11.8 Å². The maximum Gasteiger partial charge on any atom is 4.00 e. The van der Waals surface area contributed by atoms with Gasteiger partial charge in [-0.15, -0.1) is 0 Å². The molecule has 0 aliphatic carbocycles. The van der Waals surface area contributed by atoms with Crippen LogP contribution in [0, 0.1) is 0 Å². The van der Waals surface area contributed by atoms with Crippen LogP contribution in [0.15, 0.2) is 58.3 Å². The van der Waals surface area contributed by atoms with Gasteiger partial charge in [0.15, 0.2) is 0 Å². The first kappa shape index (κ1) is 16.4. The van der Waals surface area contributed by atoms with E-state index in [0.717, 1.165) is 6.42 Å². The van der Waals surface area contributed by atoms with Crippen molar-refractivity contribution in [2.75, 3.05) is 0 Å². The van der Waals surface area contributed by atoms with E-state index in [1.165, 1.54) is 20.9 Å². The molecule has 0 bridgehead atoms. The zero-order valence-electron chi connectivity index (χ0n) is 9.05. The molecule has 1 aliphatic heterocycles. The molecule has 2 aromatic carbocycles. The second-order valence-corrected chi connectivity index (χ2v) is 4.58. The third kappa shape index (κ3) is 3.21. The van der Waals surface area contributed by atoms with Crippen LogP contribution in [-0.4, -0.2) is 0 Å². The number of rotatable bonds is 0. The van der Waals surface area contributed by atoms with E-state index in [-0.39, 0.29) is 32.7 Å². The second-order valence-electron chi connectivity index (χ2n) is 3.49. The molecule has 84 valence electrons. The number of hydrogen-bond donors (Lipinski definition) is 0. The molecule has 0 radical (unpaired) electrons. The van der Waals surface area contributed by atoms with Crippen LogP contribution in [0.5, 0.6) is 0 Å². The molecule has 1 aliphatic rings. The first-order valence-corrected chi connectivity index (χ1v) is 5.59. The zero-order chi connectivity index (χ0) is 9.38. The van der Waals surface area contributed by atoms with Crippen LogP contribution in [0.25, 0.3) is 0 Å². The molecule has 1 heterocycles. The monoisotopic (exact) mass is 278 g/mol. The van der Waals surface area contributed by atoms with Crippen LogP contribution in [0.2, 0.25) is 0 Å². The van der Waals surface area contributed by atoms with Gasteiger partial charge in [-0.25, -0.2) is 0 Å². The molecule has 17 heavy (non-hydrogen) atoms. The van der Waals surface area contributed by atoms with Gasteiger partial charge >= 0.3 is 21.7 Å². The predicted octanol–water partition coefficient (Wildman–Crippen LogP) is 3.50. The topological polar surface area (TPSA) is 57.0 Å². The van der Waals surface area contributed by atoms with E-state index in [9.17, 15) is 0 Å². The number of benzene rings is 2. The summed E-state index contributed by atoms with van der Waals surface area (Å²) < 4.78 is 0. The van der Waals surface area contributed by atoms with Gasteiger partial charge in [0, 0.05) is 9.79 Å². The molecule has 0 atom stereocenters. The zero-order valence-corrected chi connectivity index (χ0v) is 11.4. The molecule has 4 heteroatoms. The maximum atomic E-state index is 2.22. The fourth-order valence-electron chi connectivity index (χ4n) is 1.82. The van der Waals surface area contributed by atoms with E-state index < -0.39 is 0 Å². The average molecular weight is 278 g/mol. The van der Waals surface area contributed by atoms with Crippen molar-refractivity contribution in [3.8, 4) is 0 Å². The summed E-state index contributed by atoms with van der Waals surface area (Å²) in [5.41, 5.74) is 2.91. The minimum atomic E-state index is 0. The summed E-state index contributed by atoms with van der Waals surface area (Å²) in [6, 6.07) is 17.3. The average Bonchev–Trinajstić information content (AvgIpc) is 2.26. The molecule has 0 amide bonds. The van der Waals surface area contributed by atoms with Crippen LogP contribution in [0.1, 0.15) is 11.1 Å². The van der Waals surface area contributed by atoms with Crippen LogP contribution in [0.3, 0.4) is 0 Å². The van der Waals surface area contributed by atoms with Gasteiger partial charge in [0.25, 0.3) is 0 Å². The Morgan fingerprint density at radius 2 is 1.12 bits per heavy atom. The van der Waals surface area contributed by atoms with E-state index in [4.69, 9.17) is 0 Å². The van der Waals surface area contributed by atoms with Gasteiger partial charge in [0.2, 0.25) is 0 Å². The molecule has 0 aromatic heterocycles. The van der Waals surface area contributed by atoms with E-state index >= 15 is 0 Å². The Kier molecular flexibility index (Phi) is 6.75. The smallest absolute Gasteiger partial charge is 2.00 e. The van der Waals surface area contributed by atoms with Gasteiger partial charge in [-0.3, -0.25) is 0 Å². The molecule has 0 N–H and O–H groups in total. The SMILES string of the molecule is [O-2].[O-2].[Ti+4].c1ccc2c(c1)Cc1ccccc1S2. The Hall–Kier alpha value is -0.576. The Bertz CT molecular complexity index is 401. The molecule has 2 aromatic rings. The Balaban J connectivity index is 0.000000853. The van der Waals surface area contributed by atoms with Gasteiger partial charge in [-0.2, -0.15) is 0 Å². The van der Waals surface area contributed by atoms with Crippen molar-refractivity contribution in [1.82, 2.24) is 0 Å². The molecule has 0 fully saturated rings. The fourth-order valence-corrected chi connectivity index (χ4v) is 2.90. The fraction of sp³-hybridized carbons (Fsp3) is 0.0769. The summed E-state index contributed by atoms with van der Waals surface area (Å²) in [6.45, 7) is 0. The quantitative estimate of drug-likeness (QED) is 0.580. The summed E-state index contributed by atoms with van der Waals surface area (Å²) >= 11 is 1.88. The summed E-state index contributed by atoms with van der Waals surface area (Å²) in [6.07, 6.45) is 1.08. The predicted molar refractivity (Wildman–Crippen MR) is 61.2 cm³/mol. The third-order valence-electron chi connectivity index (χ3n) is 2.55. The molecule has 2 nitrogen and oxygen atoms in total. The van der Waals surface area contributed by atoms with E-state index in [0.29, 0.717) is 0 Å². The van der Waals surface area contributed by atoms with Gasteiger partial charge in [0.1, 0.15) is 0 Å². The molecule has 3 rings (SSSR count). The van der Waals surface area contributed by atoms with Crippen LogP contribution in [0.4, 0.5) is 0 Å². The molecular formula is C13H10O2STi. The maximum absolute atomic E-state index is 2.22. The van der Waals surface area contributed by atoms with Crippen molar-refractivity contribution in [2.45, 2.75) is 16.2 Å². The number of hydrogen-bond acceptors (Lipinski definition) is 1. The van der Waals surface area contributed by atoms with Gasteiger partial charge in [-0.05, 0) is 29.7 Å². The molecule has 0 unspecified atom stereocenters. The van der Waals surface area contributed by atoms with Crippen molar-refractivity contribution in [3.05, 3.63) is 59.7 Å². The molecule has 0 spiro atoms. The Labute approximate surface area is 120 Å². The van der Waals surface area contributed by atoms with Crippen LogP contribution < -0.4 is 0 Å². The number of fused-ring (bicyclic) bond motifs is 2. The Morgan fingerprint density at radius 3 is 1.59 bits per heavy atom. The van der Waals surface area contributed by atoms with Crippen molar-refractivity contribution in [1.29, 1.82) is 0 Å². The Morgan fingerprint density at radius 1 is 0.706 bits per heavy atom. The van der Waals surface area contributed by atoms with Crippen molar-refractivity contribution in [3.63, 3.8) is 0 Å². The molecule has 0 saturated heterocycles. The van der Waals surface area contributed by atoms with Crippen LogP contribution >= 0.6 is 11.8 Å². The minimum absolute atomic E-state index is 0. The summed E-state index contributed by atoms with van der Waals surface area (Å²) in [7, 11) is 0. The summed E-state index contributed by atoms with van der Waals surface area (Å²) in [4.78, 5) is 2.82. The van der Waals surface area contributed by atoms with Crippen molar-refractivity contribution in [2.24, 2.45) is 0 Å². The second kappa shape index (κ2) is 6.99. The van der Waals surface area contributed by atoms with Gasteiger partial charge in [-0.1, -0.05) is 48.2 Å². The standard InChI is InChI=1S/C13H10S.2O.Ti/c1-3-7-12-10(5-1)9-11-6-2-4-8-13(11)14-12;;;/h1-8H,9H2;;;/q;2*-2;+4. The minimum Gasteiger partial charge on any atom is -2.00 e. The van der Waals surface area contributed by atoms with E-state index in [2.05, 4.69) is 48.5 Å². The van der Waals surface area contributed by atoms with Crippen molar-refractivity contribution < 1.29 is 32.7 Å². The van der Waals surface area contributed by atoms with Crippen LogP contribution in [-0.2, 0) is 39.1 Å². The molecule has 0 saturated carbocycles. The van der Waals surface area contributed by atoms with Gasteiger partial charge < -0.3 is 11.0 Å². The third-order valence-corrected chi connectivity index (χ3v) is 3.78. The normalized spacial score (nSPS) is 10.8. The molecular weight excluding hydrogens is 268 g/mol. The summed E-state index contributed by atoms with van der Waals surface area (Å²) in [5.74, 6) is 0.